The third-order valence-electron chi connectivity index (χ3n) is 4.47. The fourth-order valence-electron chi connectivity index (χ4n) is 2.93. The normalized spacial score (nSPS) is 15.4. The number of carbonyl (C=O) groups excluding carboxylic acids is 2. The molecule has 0 aliphatic carbocycles. The zero-order valence-corrected chi connectivity index (χ0v) is 15.1. The first kappa shape index (κ1) is 17.7. The van der Waals surface area contributed by atoms with Gasteiger partial charge in [-0.15, -0.1) is 0 Å². The van der Waals surface area contributed by atoms with Gasteiger partial charge >= 0.3 is 6.03 Å². The van der Waals surface area contributed by atoms with E-state index in [-0.39, 0.29) is 18.1 Å². The molecular formula is C22H17FN2O3. The lowest BCUT2D eigenvalue weighted by Crippen LogP contribution is -2.30. The van der Waals surface area contributed by atoms with E-state index in [1.165, 1.54) is 18.2 Å². The predicted molar refractivity (Wildman–Crippen MR) is 102 cm³/mol. The molecule has 0 atom stereocenters. The van der Waals surface area contributed by atoms with Crippen LogP contribution in [-0.4, -0.2) is 16.8 Å². The summed E-state index contributed by atoms with van der Waals surface area (Å²) in [5.74, 6) is 0.219. The fraction of sp³-hybridized carbons (Fsp3) is 0.0909. The topological polar surface area (TPSA) is 62.6 Å². The maximum atomic E-state index is 13.0. The molecule has 1 aliphatic rings. The van der Waals surface area contributed by atoms with Crippen LogP contribution < -0.4 is 5.32 Å². The molecular weight excluding hydrogens is 359 g/mol. The molecule has 1 saturated heterocycles. The number of hydrogen-bond acceptors (Lipinski definition) is 3. The Bertz CT molecular complexity index is 1070. The molecule has 1 aliphatic heterocycles. The van der Waals surface area contributed by atoms with Crippen molar-refractivity contribution in [1.29, 1.82) is 0 Å². The molecule has 2 aromatic carbocycles. The number of furan rings is 1. The first-order valence-electron chi connectivity index (χ1n) is 8.75. The van der Waals surface area contributed by atoms with E-state index in [2.05, 4.69) is 5.32 Å². The summed E-state index contributed by atoms with van der Waals surface area (Å²) in [7, 11) is 0. The summed E-state index contributed by atoms with van der Waals surface area (Å²) in [6.45, 7) is 2.17. The van der Waals surface area contributed by atoms with Crippen LogP contribution in [0.25, 0.3) is 17.4 Å². The molecule has 3 amide bonds. The SMILES string of the molecule is Cc1ccc(CN2C(=O)N/C(=C/c3ccc(-c4ccc(F)cc4)o3)C2=O)cc1. The Morgan fingerprint density at radius 1 is 1.00 bits per heavy atom. The van der Waals surface area contributed by atoms with Gasteiger partial charge in [-0.2, -0.15) is 0 Å². The molecule has 6 heteroatoms. The maximum Gasteiger partial charge on any atom is 0.329 e. The number of aryl methyl sites for hydroxylation is 1. The minimum atomic E-state index is -0.470. The van der Waals surface area contributed by atoms with E-state index in [1.807, 2.05) is 31.2 Å². The third kappa shape index (κ3) is 3.57. The summed E-state index contributed by atoms with van der Waals surface area (Å²) in [6.07, 6.45) is 1.49. The monoisotopic (exact) mass is 376 g/mol. The number of imide groups is 1. The Labute approximate surface area is 161 Å². The Balaban J connectivity index is 1.52. The second-order valence-electron chi connectivity index (χ2n) is 6.57. The second-order valence-corrected chi connectivity index (χ2v) is 6.57. The molecule has 28 heavy (non-hydrogen) atoms. The van der Waals surface area contributed by atoms with Gasteiger partial charge in [0.15, 0.2) is 0 Å². The molecule has 0 saturated carbocycles. The van der Waals surface area contributed by atoms with Gasteiger partial charge in [-0.1, -0.05) is 29.8 Å². The van der Waals surface area contributed by atoms with E-state index in [4.69, 9.17) is 4.42 Å². The van der Waals surface area contributed by atoms with Crippen molar-refractivity contribution in [2.45, 2.75) is 13.5 Å². The Morgan fingerprint density at radius 2 is 1.71 bits per heavy atom. The average Bonchev–Trinajstić information content (AvgIpc) is 3.24. The molecule has 1 aromatic heterocycles. The van der Waals surface area contributed by atoms with Gasteiger partial charge < -0.3 is 9.73 Å². The number of benzene rings is 2. The zero-order chi connectivity index (χ0) is 19.7. The van der Waals surface area contributed by atoms with Gasteiger partial charge in [0, 0.05) is 11.6 Å². The quantitative estimate of drug-likeness (QED) is 0.539. The van der Waals surface area contributed by atoms with Gasteiger partial charge in [-0.05, 0) is 48.9 Å². The number of halogens is 1. The van der Waals surface area contributed by atoms with Crippen LogP contribution in [0.3, 0.4) is 0 Å². The van der Waals surface area contributed by atoms with Gasteiger partial charge in [-0.3, -0.25) is 9.69 Å². The van der Waals surface area contributed by atoms with Gasteiger partial charge in [0.05, 0.1) is 6.54 Å². The first-order valence-corrected chi connectivity index (χ1v) is 8.75. The van der Waals surface area contributed by atoms with E-state index in [0.717, 1.165) is 16.0 Å². The van der Waals surface area contributed by atoms with Gasteiger partial charge in [0.1, 0.15) is 23.0 Å². The van der Waals surface area contributed by atoms with Crippen molar-refractivity contribution in [3.63, 3.8) is 0 Å². The van der Waals surface area contributed by atoms with Crippen LogP contribution >= 0.6 is 0 Å². The first-order chi connectivity index (χ1) is 13.5. The lowest BCUT2D eigenvalue weighted by Gasteiger charge is -2.11. The number of hydrogen-bond donors (Lipinski definition) is 1. The van der Waals surface area contributed by atoms with Crippen molar-refractivity contribution in [3.05, 3.63) is 89.1 Å². The van der Waals surface area contributed by atoms with Gasteiger partial charge in [0.25, 0.3) is 5.91 Å². The number of nitrogens with zero attached hydrogens (tertiary/aromatic N) is 1. The van der Waals surface area contributed by atoms with Crippen LogP contribution in [0.1, 0.15) is 16.9 Å². The Morgan fingerprint density at radius 3 is 2.43 bits per heavy atom. The van der Waals surface area contributed by atoms with Crippen molar-refractivity contribution in [2.24, 2.45) is 0 Å². The molecule has 140 valence electrons. The molecule has 2 heterocycles. The summed E-state index contributed by atoms with van der Waals surface area (Å²) >= 11 is 0. The van der Waals surface area contributed by atoms with Crippen molar-refractivity contribution in [1.82, 2.24) is 10.2 Å². The fourth-order valence-corrected chi connectivity index (χ4v) is 2.93. The number of rotatable bonds is 4. The third-order valence-corrected chi connectivity index (χ3v) is 4.47. The predicted octanol–water partition coefficient (Wildman–Crippen LogP) is 4.49. The van der Waals surface area contributed by atoms with Crippen LogP contribution in [0, 0.1) is 12.7 Å². The largest absolute Gasteiger partial charge is 0.457 e. The lowest BCUT2D eigenvalue weighted by molar-refractivity contribution is -0.123. The van der Waals surface area contributed by atoms with E-state index >= 15 is 0 Å². The molecule has 0 radical (unpaired) electrons. The highest BCUT2D eigenvalue weighted by atomic mass is 19.1. The van der Waals surface area contributed by atoms with Crippen molar-refractivity contribution in [2.75, 3.05) is 0 Å². The maximum absolute atomic E-state index is 13.0. The summed E-state index contributed by atoms with van der Waals surface area (Å²) in [5, 5.41) is 2.58. The summed E-state index contributed by atoms with van der Waals surface area (Å²) < 4.78 is 18.7. The van der Waals surface area contributed by atoms with Crippen LogP contribution in [0.4, 0.5) is 9.18 Å². The highest BCUT2D eigenvalue weighted by molar-refractivity contribution is 6.13. The van der Waals surface area contributed by atoms with E-state index in [1.54, 1.807) is 24.3 Å². The standard InChI is InChI=1S/C22H17FN2O3/c1-14-2-4-15(5-3-14)13-25-21(26)19(24-22(25)27)12-18-10-11-20(28-18)16-6-8-17(23)9-7-16/h2-12H,13H2,1H3,(H,24,27)/b19-12+. The minimum Gasteiger partial charge on any atom is -0.457 e. The van der Waals surface area contributed by atoms with E-state index in [9.17, 15) is 14.0 Å². The lowest BCUT2D eigenvalue weighted by atomic mass is 10.1. The highest BCUT2D eigenvalue weighted by Gasteiger charge is 2.33. The van der Waals surface area contributed by atoms with Crippen LogP contribution in [0.2, 0.25) is 0 Å². The molecule has 5 nitrogen and oxygen atoms in total. The smallest absolute Gasteiger partial charge is 0.329 e. The average molecular weight is 376 g/mol. The molecule has 3 aromatic rings. The van der Waals surface area contributed by atoms with Crippen molar-refractivity contribution in [3.8, 4) is 11.3 Å². The number of nitrogens with one attached hydrogen (secondary N) is 1. The summed E-state index contributed by atoms with van der Waals surface area (Å²) in [6, 6.07) is 16.5. The van der Waals surface area contributed by atoms with Crippen LogP contribution in [0.5, 0.6) is 0 Å². The molecule has 0 bridgehead atoms. The number of carbonyl (C=O) groups is 2. The van der Waals surface area contributed by atoms with Crippen LogP contribution in [0.15, 0.2) is 70.8 Å². The van der Waals surface area contributed by atoms with E-state index < -0.39 is 11.9 Å². The van der Waals surface area contributed by atoms with Crippen molar-refractivity contribution < 1.29 is 18.4 Å². The summed E-state index contributed by atoms with van der Waals surface area (Å²) in [4.78, 5) is 26.0. The minimum absolute atomic E-state index is 0.150. The Kier molecular flexibility index (Phi) is 4.53. The zero-order valence-electron chi connectivity index (χ0n) is 15.1. The molecule has 1 fully saturated rings. The number of urea groups is 1. The molecule has 4 rings (SSSR count). The van der Waals surface area contributed by atoms with Gasteiger partial charge in [-0.25, -0.2) is 9.18 Å². The van der Waals surface area contributed by atoms with Crippen LogP contribution in [-0.2, 0) is 11.3 Å². The number of amides is 3. The molecule has 1 N–H and O–H groups in total. The van der Waals surface area contributed by atoms with Crippen molar-refractivity contribution >= 4 is 18.0 Å². The Hall–Kier alpha value is -3.67. The highest BCUT2D eigenvalue weighted by Crippen LogP contribution is 2.24. The second kappa shape index (κ2) is 7.15. The molecule has 0 spiro atoms. The van der Waals surface area contributed by atoms with Gasteiger partial charge in [0.2, 0.25) is 0 Å². The summed E-state index contributed by atoms with van der Waals surface area (Å²) in [5.41, 5.74) is 2.84. The molecule has 0 unspecified atom stereocenters. The van der Waals surface area contributed by atoms with E-state index in [0.29, 0.717) is 17.1 Å².